The van der Waals surface area contributed by atoms with Gasteiger partial charge in [0.15, 0.2) is 0 Å². The summed E-state index contributed by atoms with van der Waals surface area (Å²) in [6, 6.07) is 8.07. The van der Waals surface area contributed by atoms with Crippen LogP contribution in [-0.2, 0) is 10.0 Å². The van der Waals surface area contributed by atoms with Crippen LogP contribution in [0, 0.1) is 13.8 Å². The Balaban J connectivity index is 2.36. The molecule has 0 radical (unpaired) electrons. The summed E-state index contributed by atoms with van der Waals surface area (Å²) in [6.45, 7) is 3.53. The monoisotopic (exact) mass is 370 g/mol. The number of rotatable bonds is 4. The highest BCUT2D eigenvalue weighted by molar-refractivity contribution is 9.10. The fraction of sp³-hybridized carbons (Fsp3) is 0.214. The number of aromatic nitrogens is 1. The summed E-state index contributed by atoms with van der Waals surface area (Å²) in [4.78, 5) is 4.35. The van der Waals surface area contributed by atoms with Gasteiger partial charge in [0, 0.05) is 0 Å². The molecule has 0 amide bonds. The van der Waals surface area contributed by atoms with Gasteiger partial charge < -0.3 is 4.74 Å². The number of halogens is 1. The van der Waals surface area contributed by atoms with Gasteiger partial charge in [0.2, 0.25) is 0 Å². The van der Waals surface area contributed by atoms with Crippen LogP contribution in [0.25, 0.3) is 0 Å². The van der Waals surface area contributed by atoms with Gasteiger partial charge in [-0.05, 0) is 65.7 Å². The first kappa shape index (κ1) is 15.8. The molecule has 0 spiro atoms. The molecule has 7 heteroatoms. The lowest BCUT2D eigenvalue weighted by Crippen LogP contribution is -2.14. The molecule has 0 aliphatic rings. The lowest BCUT2D eigenvalue weighted by atomic mass is 10.2. The van der Waals surface area contributed by atoms with E-state index >= 15 is 0 Å². The summed E-state index contributed by atoms with van der Waals surface area (Å²) in [5, 5.41) is 0. The first-order valence-corrected chi connectivity index (χ1v) is 8.42. The van der Waals surface area contributed by atoms with Gasteiger partial charge in [-0.25, -0.2) is 13.4 Å². The minimum atomic E-state index is -3.66. The minimum absolute atomic E-state index is 0.183. The number of nitrogens with zero attached hydrogens (tertiary/aromatic N) is 1. The number of nitrogens with one attached hydrogen (secondary N) is 1. The number of methoxy groups -OCH3 is 1. The molecule has 0 aliphatic heterocycles. The van der Waals surface area contributed by atoms with E-state index in [1.807, 2.05) is 0 Å². The molecule has 0 fully saturated rings. The van der Waals surface area contributed by atoms with Crippen LogP contribution in [0.1, 0.15) is 11.3 Å². The quantitative estimate of drug-likeness (QED) is 0.838. The van der Waals surface area contributed by atoms with Crippen LogP contribution in [0.5, 0.6) is 5.75 Å². The van der Waals surface area contributed by atoms with Crippen LogP contribution < -0.4 is 9.46 Å². The van der Waals surface area contributed by atoms with Crippen molar-refractivity contribution in [3.63, 3.8) is 0 Å². The topological polar surface area (TPSA) is 68.3 Å². The zero-order valence-electron chi connectivity index (χ0n) is 11.8. The van der Waals surface area contributed by atoms with E-state index in [0.29, 0.717) is 21.7 Å². The van der Waals surface area contributed by atoms with Gasteiger partial charge in [-0.2, -0.15) is 0 Å². The highest BCUT2D eigenvalue weighted by atomic mass is 79.9. The molecule has 2 aromatic rings. The van der Waals surface area contributed by atoms with Crippen molar-refractivity contribution in [2.45, 2.75) is 18.7 Å². The molecule has 2 rings (SSSR count). The summed E-state index contributed by atoms with van der Waals surface area (Å²) in [5.41, 5.74) is 1.80. The molecule has 5 nitrogen and oxygen atoms in total. The van der Waals surface area contributed by atoms with Gasteiger partial charge in [-0.1, -0.05) is 0 Å². The molecular formula is C14H15BrN2O3S. The molecule has 21 heavy (non-hydrogen) atoms. The van der Waals surface area contributed by atoms with E-state index < -0.39 is 10.0 Å². The van der Waals surface area contributed by atoms with Crippen LogP contribution in [-0.4, -0.2) is 20.5 Å². The Morgan fingerprint density at radius 2 is 1.90 bits per heavy atom. The minimum Gasteiger partial charge on any atom is -0.496 e. The molecule has 0 saturated heterocycles. The van der Waals surface area contributed by atoms with Crippen LogP contribution >= 0.6 is 15.9 Å². The maximum atomic E-state index is 12.4. The summed E-state index contributed by atoms with van der Waals surface area (Å²) in [5.74, 6) is 0.649. The van der Waals surface area contributed by atoms with E-state index in [2.05, 4.69) is 25.6 Å². The number of hydrogen-bond donors (Lipinski definition) is 1. The third-order valence-electron chi connectivity index (χ3n) is 2.97. The normalized spacial score (nSPS) is 11.2. The van der Waals surface area contributed by atoms with E-state index in [1.165, 1.54) is 6.07 Å². The number of aryl methyl sites for hydroxylation is 2. The van der Waals surface area contributed by atoms with Crippen LogP contribution in [0.15, 0.2) is 39.8 Å². The summed E-state index contributed by atoms with van der Waals surface area (Å²) in [6.07, 6.45) is 0. The largest absolute Gasteiger partial charge is 0.496 e. The van der Waals surface area contributed by atoms with Crippen LogP contribution in [0.2, 0.25) is 0 Å². The Labute approximate surface area is 132 Å². The van der Waals surface area contributed by atoms with Gasteiger partial charge >= 0.3 is 0 Å². The molecule has 1 aromatic carbocycles. The molecule has 0 bridgehead atoms. The van der Waals surface area contributed by atoms with Crippen molar-refractivity contribution in [2.24, 2.45) is 0 Å². The number of pyridine rings is 1. The molecule has 0 saturated carbocycles. The van der Waals surface area contributed by atoms with E-state index in [9.17, 15) is 8.42 Å². The third kappa shape index (κ3) is 3.54. The Kier molecular flexibility index (Phi) is 4.53. The Hall–Kier alpha value is -1.60. The average Bonchev–Trinajstić information content (AvgIpc) is 2.42. The second-order valence-electron chi connectivity index (χ2n) is 4.50. The van der Waals surface area contributed by atoms with E-state index in [4.69, 9.17) is 4.74 Å². The lowest BCUT2D eigenvalue weighted by Gasteiger charge is -2.12. The zero-order chi connectivity index (χ0) is 15.6. The first-order valence-electron chi connectivity index (χ1n) is 6.14. The van der Waals surface area contributed by atoms with Crippen molar-refractivity contribution < 1.29 is 13.2 Å². The standard InChI is InChI=1S/C14H15BrN2O3S/c1-9-8-11(4-6-13(9)20-3)21(18,19)17-12-5-7-14(15)16-10(12)2/h4-8,17H,1-3H3. The van der Waals surface area contributed by atoms with Gasteiger partial charge in [0.1, 0.15) is 10.4 Å². The first-order chi connectivity index (χ1) is 9.83. The fourth-order valence-corrected chi connectivity index (χ4v) is 3.46. The molecule has 1 N–H and O–H groups in total. The van der Waals surface area contributed by atoms with E-state index in [0.717, 1.165) is 5.56 Å². The Bertz CT molecular complexity index is 776. The predicted molar refractivity (Wildman–Crippen MR) is 85.2 cm³/mol. The van der Waals surface area contributed by atoms with E-state index in [1.54, 1.807) is 45.2 Å². The maximum Gasteiger partial charge on any atom is 0.261 e. The number of sulfonamides is 1. The van der Waals surface area contributed by atoms with Crippen molar-refractivity contribution in [1.29, 1.82) is 0 Å². The molecular weight excluding hydrogens is 356 g/mol. The van der Waals surface area contributed by atoms with Gasteiger partial charge in [0.25, 0.3) is 10.0 Å². The number of ether oxygens (including phenoxy) is 1. The van der Waals surface area contributed by atoms with Crippen molar-refractivity contribution in [3.8, 4) is 5.75 Å². The van der Waals surface area contributed by atoms with E-state index in [-0.39, 0.29) is 4.90 Å². The second-order valence-corrected chi connectivity index (χ2v) is 7.00. The van der Waals surface area contributed by atoms with Crippen LogP contribution in [0.3, 0.4) is 0 Å². The lowest BCUT2D eigenvalue weighted by molar-refractivity contribution is 0.411. The molecule has 1 heterocycles. The molecule has 0 unspecified atom stereocenters. The highest BCUT2D eigenvalue weighted by Crippen LogP contribution is 2.24. The molecule has 0 aliphatic carbocycles. The van der Waals surface area contributed by atoms with Crippen molar-refractivity contribution in [3.05, 3.63) is 46.2 Å². The smallest absolute Gasteiger partial charge is 0.261 e. The van der Waals surface area contributed by atoms with Gasteiger partial charge in [-0.15, -0.1) is 0 Å². The summed E-state index contributed by atoms with van der Waals surface area (Å²) < 4.78 is 33.1. The maximum absolute atomic E-state index is 12.4. The fourth-order valence-electron chi connectivity index (χ4n) is 1.86. The van der Waals surface area contributed by atoms with Crippen LogP contribution in [0.4, 0.5) is 5.69 Å². The SMILES string of the molecule is COc1ccc(S(=O)(=O)Nc2ccc(Br)nc2C)cc1C. The second kappa shape index (κ2) is 6.03. The van der Waals surface area contributed by atoms with Crippen molar-refractivity contribution in [2.75, 3.05) is 11.8 Å². The molecule has 0 atom stereocenters. The molecule has 112 valence electrons. The Morgan fingerprint density at radius 1 is 1.19 bits per heavy atom. The number of anilines is 1. The van der Waals surface area contributed by atoms with Crippen molar-refractivity contribution >= 4 is 31.6 Å². The number of benzene rings is 1. The third-order valence-corrected chi connectivity index (χ3v) is 4.78. The Morgan fingerprint density at radius 3 is 2.48 bits per heavy atom. The van der Waals surface area contributed by atoms with Crippen molar-refractivity contribution in [1.82, 2.24) is 4.98 Å². The highest BCUT2D eigenvalue weighted by Gasteiger charge is 2.17. The molecule has 1 aromatic heterocycles. The summed E-state index contributed by atoms with van der Waals surface area (Å²) in [7, 11) is -2.11. The summed E-state index contributed by atoms with van der Waals surface area (Å²) >= 11 is 3.24. The van der Waals surface area contributed by atoms with Gasteiger partial charge in [0.05, 0.1) is 23.4 Å². The average molecular weight is 371 g/mol. The number of hydrogen-bond acceptors (Lipinski definition) is 4. The zero-order valence-corrected chi connectivity index (χ0v) is 14.2. The van der Waals surface area contributed by atoms with Gasteiger partial charge in [-0.3, -0.25) is 4.72 Å². The predicted octanol–water partition coefficient (Wildman–Crippen LogP) is 3.27.